The number of aromatic nitrogens is 2. The molecular formula is C15H15BrFN3O. The number of halogens is 2. The molecule has 3 rings (SSSR count). The van der Waals surface area contributed by atoms with Crippen LogP contribution in [0.25, 0.3) is 0 Å². The molecule has 0 amide bonds. The molecule has 0 spiro atoms. The minimum absolute atomic E-state index is 0.199. The number of anilines is 1. The van der Waals surface area contributed by atoms with Crippen molar-refractivity contribution in [2.45, 2.75) is 31.8 Å². The third-order valence-electron chi connectivity index (χ3n) is 3.67. The Kier molecular flexibility index (Phi) is 4.05. The van der Waals surface area contributed by atoms with Crippen LogP contribution in [0.15, 0.2) is 39.7 Å². The lowest BCUT2D eigenvalue weighted by Gasteiger charge is -2.27. The van der Waals surface area contributed by atoms with Crippen molar-refractivity contribution in [2.75, 3.05) is 5.32 Å². The fourth-order valence-corrected chi connectivity index (χ4v) is 2.62. The van der Waals surface area contributed by atoms with E-state index in [1.807, 2.05) is 0 Å². The topological polar surface area (TPSA) is 46.9 Å². The van der Waals surface area contributed by atoms with Crippen molar-refractivity contribution in [3.8, 4) is 0 Å². The van der Waals surface area contributed by atoms with E-state index in [0.717, 1.165) is 23.0 Å². The number of hydrogen-bond acceptors (Lipinski definition) is 3. The van der Waals surface area contributed by atoms with E-state index in [1.54, 1.807) is 18.3 Å². The maximum Gasteiger partial charge on any atom is 0.269 e. The van der Waals surface area contributed by atoms with E-state index in [1.165, 1.54) is 23.2 Å². The molecule has 0 atom stereocenters. The van der Waals surface area contributed by atoms with Gasteiger partial charge in [0.2, 0.25) is 0 Å². The summed E-state index contributed by atoms with van der Waals surface area (Å²) >= 11 is 3.35. The Morgan fingerprint density at radius 2 is 2.19 bits per heavy atom. The Bertz CT molecular complexity index is 712. The molecule has 0 unspecified atom stereocenters. The van der Waals surface area contributed by atoms with Gasteiger partial charge in [0, 0.05) is 16.6 Å². The average Bonchev–Trinajstić information content (AvgIpc) is 2.41. The van der Waals surface area contributed by atoms with Gasteiger partial charge in [0.15, 0.2) is 0 Å². The fourth-order valence-electron chi connectivity index (χ4n) is 2.25. The van der Waals surface area contributed by atoms with Crippen LogP contribution < -0.4 is 10.9 Å². The Hall–Kier alpha value is -1.69. The molecular weight excluding hydrogens is 337 g/mol. The molecule has 1 fully saturated rings. The zero-order valence-electron chi connectivity index (χ0n) is 11.4. The maximum absolute atomic E-state index is 13.3. The summed E-state index contributed by atoms with van der Waals surface area (Å²) in [6.07, 6.45) is 5.15. The second-order valence-corrected chi connectivity index (χ2v) is 6.10. The van der Waals surface area contributed by atoms with Crippen LogP contribution in [-0.4, -0.2) is 15.8 Å². The van der Waals surface area contributed by atoms with Gasteiger partial charge in [0.1, 0.15) is 5.82 Å². The minimum atomic E-state index is -0.329. The second kappa shape index (κ2) is 5.97. The molecule has 0 bridgehead atoms. The average molecular weight is 352 g/mol. The van der Waals surface area contributed by atoms with E-state index < -0.39 is 0 Å². The summed E-state index contributed by atoms with van der Waals surface area (Å²) in [6, 6.07) is 6.40. The SMILES string of the molecule is O=c1cc(NC2CCC2)cnn1Cc1cc(F)ccc1Br. The van der Waals surface area contributed by atoms with Crippen molar-refractivity contribution in [3.05, 3.63) is 56.7 Å². The molecule has 1 aromatic carbocycles. The zero-order valence-corrected chi connectivity index (χ0v) is 12.9. The number of nitrogens with zero attached hydrogens (tertiary/aromatic N) is 2. The molecule has 2 aromatic rings. The van der Waals surface area contributed by atoms with Gasteiger partial charge < -0.3 is 5.32 Å². The van der Waals surface area contributed by atoms with Gasteiger partial charge in [-0.05, 0) is 43.0 Å². The van der Waals surface area contributed by atoms with Gasteiger partial charge in [-0.25, -0.2) is 9.07 Å². The first-order valence-electron chi connectivity index (χ1n) is 6.89. The minimum Gasteiger partial charge on any atom is -0.381 e. The van der Waals surface area contributed by atoms with Gasteiger partial charge in [0.05, 0.1) is 18.4 Å². The third kappa shape index (κ3) is 3.32. The molecule has 1 aromatic heterocycles. The number of nitrogens with one attached hydrogen (secondary N) is 1. The van der Waals surface area contributed by atoms with Crippen LogP contribution in [0.2, 0.25) is 0 Å². The van der Waals surface area contributed by atoms with Crippen molar-refractivity contribution < 1.29 is 4.39 Å². The molecule has 1 saturated carbocycles. The molecule has 1 N–H and O–H groups in total. The molecule has 0 radical (unpaired) electrons. The summed E-state index contributed by atoms with van der Waals surface area (Å²) in [4.78, 5) is 12.1. The highest BCUT2D eigenvalue weighted by atomic mass is 79.9. The Morgan fingerprint density at radius 1 is 1.38 bits per heavy atom. The second-order valence-electron chi connectivity index (χ2n) is 5.25. The van der Waals surface area contributed by atoms with Crippen LogP contribution >= 0.6 is 15.9 Å². The fraction of sp³-hybridized carbons (Fsp3) is 0.333. The van der Waals surface area contributed by atoms with Gasteiger partial charge in [-0.2, -0.15) is 5.10 Å². The highest BCUT2D eigenvalue weighted by molar-refractivity contribution is 9.10. The standard InChI is InChI=1S/C15H15BrFN3O/c16-14-5-4-11(17)6-10(14)9-20-15(21)7-13(8-18-20)19-12-2-1-3-12/h4-8,12,19H,1-3,9H2. The molecule has 21 heavy (non-hydrogen) atoms. The normalized spacial score (nSPS) is 14.8. The van der Waals surface area contributed by atoms with Gasteiger partial charge in [0.25, 0.3) is 5.56 Å². The molecule has 1 aliphatic rings. The lowest BCUT2D eigenvalue weighted by Crippen LogP contribution is -2.29. The van der Waals surface area contributed by atoms with Crippen molar-refractivity contribution >= 4 is 21.6 Å². The van der Waals surface area contributed by atoms with Crippen LogP contribution in [0.3, 0.4) is 0 Å². The Labute approximate surface area is 130 Å². The molecule has 0 aliphatic heterocycles. The summed E-state index contributed by atoms with van der Waals surface area (Å²) in [5.74, 6) is -0.329. The van der Waals surface area contributed by atoms with Crippen LogP contribution in [0, 0.1) is 5.82 Å². The summed E-state index contributed by atoms with van der Waals surface area (Å²) in [5, 5.41) is 7.44. The van der Waals surface area contributed by atoms with Crippen LogP contribution in [0.1, 0.15) is 24.8 Å². The maximum atomic E-state index is 13.3. The Morgan fingerprint density at radius 3 is 2.86 bits per heavy atom. The molecule has 0 saturated heterocycles. The van der Waals surface area contributed by atoms with E-state index in [-0.39, 0.29) is 17.9 Å². The smallest absolute Gasteiger partial charge is 0.269 e. The van der Waals surface area contributed by atoms with Crippen molar-refractivity contribution in [1.29, 1.82) is 0 Å². The van der Waals surface area contributed by atoms with Crippen molar-refractivity contribution in [2.24, 2.45) is 0 Å². The van der Waals surface area contributed by atoms with E-state index in [2.05, 4.69) is 26.3 Å². The summed E-state index contributed by atoms with van der Waals surface area (Å²) < 4.78 is 15.3. The predicted molar refractivity (Wildman–Crippen MR) is 83.0 cm³/mol. The van der Waals surface area contributed by atoms with Crippen LogP contribution in [0.5, 0.6) is 0 Å². The zero-order chi connectivity index (χ0) is 14.8. The molecule has 110 valence electrons. The number of rotatable bonds is 4. The Balaban J connectivity index is 1.79. The molecule has 6 heteroatoms. The summed E-state index contributed by atoms with van der Waals surface area (Å²) in [7, 11) is 0. The van der Waals surface area contributed by atoms with E-state index in [4.69, 9.17) is 0 Å². The molecule has 4 nitrogen and oxygen atoms in total. The number of hydrogen-bond donors (Lipinski definition) is 1. The van der Waals surface area contributed by atoms with E-state index in [0.29, 0.717) is 11.6 Å². The van der Waals surface area contributed by atoms with E-state index in [9.17, 15) is 9.18 Å². The van der Waals surface area contributed by atoms with Gasteiger partial charge in [-0.1, -0.05) is 15.9 Å². The number of benzene rings is 1. The van der Waals surface area contributed by atoms with Gasteiger partial charge in [-0.3, -0.25) is 4.79 Å². The van der Waals surface area contributed by atoms with Gasteiger partial charge >= 0.3 is 0 Å². The first kappa shape index (κ1) is 14.3. The monoisotopic (exact) mass is 351 g/mol. The highest BCUT2D eigenvalue weighted by Gasteiger charge is 2.17. The predicted octanol–water partition coefficient (Wildman–Crippen LogP) is 3.16. The molecule has 1 aliphatic carbocycles. The molecule has 1 heterocycles. The van der Waals surface area contributed by atoms with Crippen molar-refractivity contribution in [1.82, 2.24) is 9.78 Å². The van der Waals surface area contributed by atoms with Crippen LogP contribution in [-0.2, 0) is 6.54 Å². The van der Waals surface area contributed by atoms with E-state index >= 15 is 0 Å². The lowest BCUT2D eigenvalue weighted by molar-refractivity contribution is 0.445. The first-order valence-corrected chi connectivity index (χ1v) is 7.69. The third-order valence-corrected chi connectivity index (χ3v) is 4.45. The van der Waals surface area contributed by atoms with Gasteiger partial charge in [-0.15, -0.1) is 0 Å². The van der Waals surface area contributed by atoms with Crippen molar-refractivity contribution in [3.63, 3.8) is 0 Å². The quantitative estimate of drug-likeness (QED) is 0.920. The highest BCUT2D eigenvalue weighted by Crippen LogP contribution is 2.22. The summed E-state index contributed by atoms with van der Waals surface area (Å²) in [5.41, 5.74) is 1.24. The van der Waals surface area contributed by atoms with Crippen LogP contribution in [0.4, 0.5) is 10.1 Å². The first-order chi connectivity index (χ1) is 10.1. The largest absolute Gasteiger partial charge is 0.381 e. The lowest BCUT2D eigenvalue weighted by atomic mass is 9.93. The summed E-state index contributed by atoms with van der Waals surface area (Å²) in [6.45, 7) is 0.237.